The molecule has 108 valence electrons. The number of nitrogens with one attached hydrogen (secondary N) is 1. The molecule has 4 nitrogen and oxygen atoms in total. The maximum absolute atomic E-state index is 11.8. The van der Waals surface area contributed by atoms with Gasteiger partial charge < -0.3 is 0 Å². The molecule has 0 amide bonds. The van der Waals surface area contributed by atoms with E-state index in [4.69, 9.17) is 0 Å². The van der Waals surface area contributed by atoms with Crippen molar-refractivity contribution in [1.82, 2.24) is 14.6 Å². The Labute approximate surface area is 130 Å². The van der Waals surface area contributed by atoms with Crippen LogP contribution in [0.2, 0.25) is 0 Å². The molecule has 0 unspecified atom stereocenters. The molecule has 0 atom stereocenters. The number of aromatic amines is 1. The summed E-state index contributed by atoms with van der Waals surface area (Å²) in [5, 5.41) is 5.14. The van der Waals surface area contributed by atoms with Gasteiger partial charge in [-0.1, -0.05) is 30.3 Å². The zero-order chi connectivity index (χ0) is 15.1. The van der Waals surface area contributed by atoms with E-state index in [-0.39, 0.29) is 5.56 Å². The van der Waals surface area contributed by atoms with Crippen LogP contribution in [0.4, 0.5) is 0 Å². The molecule has 0 fully saturated rings. The topological polar surface area (TPSA) is 50.2 Å². The lowest BCUT2D eigenvalue weighted by atomic mass is 10.0. The second-order valence-corrected chi connectivity index (χ2v) is 5.98. The number of nitrogens with zero attached hydrogens (tertiary/aromatic N) is 2. The summed E-state index contributed by atoms with van der Waals surface area (Å²) >= 11 is 1.67. The molecular formula is C17H13N3OS. The van der Waals surface area contributed by atoms with Crippen molar-refractivity contribution in [2.45, 2.75) is 6.92 Å². The Morgan fingerprint density at radius 2 is 1.95 bits per heavy atom. The van der Waals surface area contributed by atoms with Gasteiger partial charge in [0.05, 0.1) is 5.56 Å². The van der Waals surface area contributed by atoms with Crippen molar-refractivity contribution in [3.63, 3.8) is 0 Å². The number of benzene rings is 1. The molecule has 22 heavy (non-hydrogen) atoms. The maximum Gasteiger partial charge on any atom is 0.272 e. The number of H-pyrrole nitrogens is 1. The predicted octanol–water partition coefficient (Wildman–Crippen LogP) is 3.73. The molecule has 0 bridgehead atoms. The first kappa shape index (κ1) is 13.0. The van der Waals surface area contributed by atoms with E-state index < -0.39 is 0 Å². The van der Waals surface area contributed by atoms with Crippen molar-refractivity contribution < 1.29 is 0 Å². The largest absolute Gasteiger partial charge is 0.296 e. The average Bonchev–Trinajstić information content (AvgIpc) is 3.12. The summed E-state index contributed by atoms with van der Waals surface area (Å²) in [5.74, 6) is 0. The Balaban J connectivity index is 1.92. The first-order chi connectivity index (χ1) is 10.8. The molecule has 0 saturated heterocycles. The molecule has 1 N–H and O–H groups in total. The van der Waals surface area contributed by atoms with Gasteiger partial charge in [0.15, 0.2) is 5.65 Å². The Hall–Kier alpha value is -2.66. The third-order valence-electron chi connectivity index (χ3n) is 3.79. The first-order valence-corrected chi connectivity index (χ1v) is 7.82. The van der Waals surface area contributed by atoms with E-state index in [0.29, 0.717) is 5.65 Å². The van der Waals surface area contributed by atoms with Crippen molar-refractivity contribution in [2.75, 3.05) is 0 Å². The van der Waals surface area contributed by atoms with Crippen LogP contribution < -0.4 is 5.56 Å². The number of fused-ring (bicyclic) bond motifs is 1. The third-order valence-corrected chi connectivity index (χ3v) is 4.91. The average molecular weight is 307 g/mol. The van der Waals surface area contributed by atoms with E-state index in [1.807, 2.05) is 24.4 Å². The summed E-state index contributed by atoms with van der Waals surface area (Å²) < 4.78 is 1.47. The van der Waals surface area contributed by atoms with Gasteiger partial charge in [0.1, 0.15) is 0 Å². The fraction of sp³-hybridized carbons (Fsp3) is 0.0588. The highest BCUT2D eigenvalue weighted by Crippen LogP contribution is 2.38. The Morgan fingerprint density at radius 1 is 1.14 bits per heavy atom. The molecule has 0 spiro atoms. The summed E-state index contributed by atoms with van der Waals surface area (Å²) in [6.07, 6.45) is 3.40. The molecule has 4 rings (SSSR count). The van der Waals surface area contributed by atoms with Gasteiger partial charge in [0.25, 0.3) is 5.56 Å². The van der Waals surface area contributed by atoms with Gasteiger partial charge in [0, 0.05) is 23.3 Å². The Morgan fingerprint density at radius 3 is 2.77 bits per heavy atom. The van der Waals surface area contributed by atoms with E-state index in [9.17, 15) is 4.79 Å². The predicted molar refractivity (Wildman–Crippen MR) is 89.3 cm³/mol. The van der Waals surface area contributed by atoms with Gasteiger partial charge >= 0.3 is 0 Å². The fourth-order valence-corrected chi connectivity index (χ4v) is 3.78. The van der Waals surface area contributed by atoms with E-state index in [2.05, 4.69) is 34.5 Å². The van der Waals surface area contributed by atoms with Gasteiger partial charge in [-0.25, -0.2) is 9.50 Å². The minimum Gasteiger partial charge on any atom is -0.296 e. The number of thiophene rings is 1. The summed E-state index contributed by atoms with van der Waals surface area (Å²) in [7, 11) is 0. The zero-order valence-electron chi connectivity index (χ0n) is 11.9. The summed E-state index contributed by atoms with van der Waals surface area (Å²) in [6.45, 7) is 2.11. The summed E-state index contributed by atoms with van der Waals surface area (Å²) in [6, 6.07) is 11.8. The number of hydrogen-bond donors (Lipinski definition) is 1. The molecule has 3 aromatic heterocycles. The van der Waals surface area contributed by atoms with Gasteiger partial charge in [0.2, 0.25) is 0 Å². The SMILES string of the molecule is Cc1c(-c2ccccc2)csc1-c1c[nH]n2c(=O)ccnc12. The highest BCUT2D eigenvalue weighted by molar-refractivity contribution is 7.14. The van der Waals surface area contributed by atoms with Gasteiger partial charge in [-0.05, 0) is 29.0 Å². The van der Waals surface area contributed by atoms with Crippen molar-refractivity contribution in [2.24, 2.45) is 0 Å². The van der Waals surface area contributed by atoms with E-state index >= 15 is 0 Å². The lowest BCUT2D eigenvalue weighted by Gasteiger charge is -2.02. The number of hydrogen-bond acceptors (Lipinski definition) is 3. The van der Waals surface area contributed by atoms with E-state index in [1.165, 1.54) is 27.3 Å². The van der Waals surface area contributed by atoms with Crippen LogP contribution in [-0.4, -0.2) is 14.6 Å². The van der Waals surface area contributed by atoms with E-state index in [1.54, 1.807) is 17.5 Å². The van der Waals surface area contributed by atoms with Crippen LogP contribution in [0.15, 0.2) is 59.0 Å². The van der Waals surface area contributed by atoms with Crippen LogP contribution in [0, 0.1) is 6.92 Å². The van der Waals surface area contributed by atoms with Crippen molar-refractivity contribution in [1.29, 1.82) is 0 Å². The Bertz CT molecular complexity index is 1010. The zero-order valence-corrected chi connectivity index (χ0v) is 12.7. The molecule has 0 aliphatic carbocycles. The highest BCUT2D eigenvalue weighted by atomic mass is 32.1. The second-order valence-electron chi connectivity index (χ2n) is 5.10. The van der Waals surface area contributed by atoms with Crippen LogP contribution in [0.5, 0.6) is 0 Å². The molecule has 0 radical (unpaired) electrons. The molecule has 0 saturated carbocycles. The number of aromatic nitrogens is 3. The van der Waals surface area contributed by atoms with Crippen molar-refractivity contribution in [3.05, 3.63) is 70.1 Å². The van der Waals surface area contributed by atoms with Gasteiger partial charge in [-0.15, -0.1) is 11.3 Å². The molecule has 1 aromatic carbocycles. The number of rotatable bonds is 2. The molecule has 4 aromatic rings. The summed E-state index contributed by atoms with van der Waals surface area (Å²) in [4.78, 5) is 17.3. The molecule has 5 heteroatoms. The second kappa shape index (κ2) is 4.96. The first-order valence-electron chi connectivity index (χ1n) is 6.95. The lowest BCUT2D eigenvalue weighted by Crippen LogP contribution is -2.12. The minimum absolute atomic E-state index is 0.103. The third kappa shape index (κ3) is 1.90. The van der Waals surface area contributed by atoms with Crippen molar-refractivity contribution in [3.8, 4) is 21.6 Å². The van der Waals surface area contributed by atoms with Crippen LogP contribution in [0.25, 0.3) is 27.2 Å². The van der Waals surface area contributed by atoms with E-state index in [0.717, 1.165) is 10.4 Å². The van der Waals surface area contributed by atoms with Gasteiger partial charge in [-0.2, -0.15) is 0 Å². The minimum atomic E-state index is -0.103. The maximum atomic E-state index is 11.8. The van der Waals surface area contributed by atoms with Crippen molar-refractivity contribution >= 4 is 17.0 Å². The normalized spacial score (nSPS) is 11.1. The quantitative estimate of drug-likeness (QED) is 0.613. The standard InChI is InChI=1S/C17H13N3OS/c1-11-14(12-5-3-2-4-6-12)10-22-16(11)13-9-19-20-15(21)7-8-18-17(13)20/h2-10,19H,1H3. The molecule has 0 aliphatic heterocycles. The fourth-order valence-electron chi connectivity index (χ4n) is 2.67. The van der Waals surface area contributed by atoms with Crippen LogP contribution in [0.1, 0.15) is 5.56 Å². The summed E-state index contributed by atoms with van der Waals surface area (Å²) in [5.41, 5.74) is 5.15. The highest BCUT2D eigenvalue weighted by Gasteiger charge is 2.15. The lowest BCUT2D eigenvalue weighted by molar-refractivity contribution is 0.899. The molecular weight excluding hydrogens is 294 g/mol. The smallest absolute Gasteiger partial charge is 0.272 e. The van der Waals surface area contributed by atoms with Crippen LogP contribution in [-0.2, 0) is 0 Å². The Kier molecular flexibility index (Phi) is 2.94. The van der Waals surface area contributed by atoms with Gasteiger partial charge in [-0.3, -0.25) is 9.89 Å². The molecule has 0 aliphatic rings. The van der Waals surface area contributed by atoms with Crippen LogP contribution in [0.3, 0.4) is 0 Å². The molecule has 3 heterocycles. The monoisotopic (exact) mass is 307 g/mol. The van der Waals surface area contributed by atoms with Crippen LogP contribution >= 0.6 is 11.3 Å².